The van der Waals surface area contributed by atoms with Crippen molar-refractivity contribution in [3.05, 3.63) is 58.7 Å². The highest BCUT2D eigenvalue weighted by Gasteiger charge is 2.74. The van der Waals surface area contributed by atoms with Crippen molar-refractivity contribution in [2.24, 2.45) is 0 Å². The van der Waals surface area contributed by atoms with Crippen molar-refractivity contribution >= 4 is 0 Å². The molecule has 0 aliphatic carbocycles. The van der Waals surface area contributed by atoms with Gasteiger partial charge in [-0.25, -0.2) is 13.2 Å². The number of rotatable bonds is 4. The smallest absolute Gasteiger partial charge is 0.380 e. The monoisotopic (exact) mass is 416 g/mol. The number of benzene rings is 2. The number of alkyl halides is 7. The molecule has 0 aliphatic rings. The minimum absolute atomic E-state index is 0.135. The van der Waals surface area contributed by atoms with E-state index in [0.717, 1.165) is 20.1 Å². The van der Waals surface area contributed by atoms with E-state index in [2.05, 4.69) is 0 Å². The zero-order valence-electron chi connectivity index (χ0n) is 14.4. The summed E-state index contributed by atoms with van der Waals surface area (Å²) in [7, 11) is 1.10. The third kappa shape index (κ3) is 3.69. The Morgan fingerprint density at radius 1 is 0.857 bits per heavy atom. The molecular weight excluding hydrogens is 403 g/mol. The van der Waals surface area contributed by atoms with E-state index >= 15 is 0 Å². The van der Waals surface area contributed by atoms with Gasteiger partial charge in [0.2, 0.25) is 0 Å². The van der Waals surface area contributed by atoms with Crippen LogP contribution >= 0.6 is 0 Å². The van der Waals surface area contributed by atoms with Gasteiger partial charge >= 0.3 is 18.0 Å². The Kier molecular flexibility index (Phi) is 5.76. The molecule has 0 atom stereocenters. The first-order valence-corrected chi connectivity index (χ1v) is 7.64. The third-order valence-corrected chi connectivity index (χ3v) is 4.02. The van der Waals surface area contributed by atoms with Gasteiger partial charge in [0.15, 0.2) is 0 Å². The number of hydrogen-bond acceptors (Lipinski definition) is 1. The van der Waals surface area contributed by atoms with E-state index in [1.54, 1.807) is 0 Å². The quantitative estimate of drug-likeness (QED) is 0.526. The van der Waals surface area contributed by atoms with Crippen molar-refractivity contribution in [1.82, 2.24) is 0 Å². The van der Waals surface area contributed by atoms with Crippen LogP contribution in [0.2, 0.25) is 0 Å². The van der Waals surface area contributed by atoms with Crippen molar-refractivity contribution < 1.29 is 44.3 Å². The molecule has 2 rings (SSSR count). The van der Waals surface area contributed by atoms with Gasteiger partial charge in [-0.1, -0.05) is 17.7 Å². The van der Waals surface area contributed by atoms with Gasteiger partial charge < -0.3 is 4.74 Å². The molecule has 0 aliphatic heterocycles. The van der Waals surface area contributed by atoms with Gasteiger partial charge in [-0.2, -0.15) is 26.3 Å². The lowest BCUT2D eigenvalue weighted by molar-refractivity contribution is -0.348. The van der Waals surface area contributed by atoms with E-state index in [9.17, 15) is 39.5 Å². The maximum atomic E-state index is 14.8. The second-order valence-corrected chi connectivity index (χ2v) is 6.06. The summed E-state index contributed by atoms with van der Waals surface area (Å²) in [4.78, 5) is 0. The van der Waals surface area contributed by atoms with Crippen LogP contribution in [0.1, 0.15) is 16.7 Å². The molecular formula is C18H13F9O. The molecule has 0 fully saturated rings. The highest BCUT2D eigenvalue weighted by Crippen LogP contribution is 2.56. The van der Waals surface area contributed by atoms with E-state index in [0.29, 0.717) is 18.2 Å². The summed E-state index contributed by atoms with van der Waals surface area (Å²) in [5.74, 6) is -2.56. The van der Waals surface area contributed by atoms with E-state index in [-0.39, 0.29) is 17.2 Å². The predicted octanol–water partition coefficient (Wildman–Crippen LogP) is 6.38. The van der Waals surface area contributed by atoms with Crippen molar-refractivity contribution in [2.75, 3.05) is 7.11 Å². The van der Waals surface area contributed by atoms with Gasteiger partial charge in [0.1, 0.15) is 11.6 Å². The van der Waals surface area contributed by atoms with Crippen LogP contribution in [0.3, 0.4) is 0 Å². The largest absolute Gasteiger partial charge is 0.435 e. The van der Waals surface area contributed by atoms with Crippen molar-refractivity contribution in [3.8, 4) is 11.1 Å². The Bertz CT molecular complexity index is 855. The fourth-order valence-corrected chi connectivity index (χ4v) is 2.88. The summed E-state index contributed by atoms with van der Waals surface area (Å²) >= 11 is 0. The Labute approximate surface area is 153 Å². The molecule has 0 unspecified atom stereocenters. The minimum Gasteiger partial charge on any atom is -0.380 e. The molecule has 2 aromatic rings. The second kappa shape index (κ2) is 7.31. The summed E-state index contributed by atoms with van der Waals surface area (Å²) < 4.78 is 127. The number of hydrogen-bond donors (Lipinski definition) is 0. The normalized spacial score (nSPS) is 13.1. The summed E-state index contributed by atoms with van der Waals surface area (Å²) in [6, 6.07) is 3.04. The Morgan fingerprint density at radius 3 is 1.89 bits per heavy atom. The molecule has 0 saturated carbocycles. The molecule has 0 amide bonds. The van der Waals surface area contributed by atoms with Gasteiger partial charge in [0, 0.05) is 24.3 Å². The molecule has 154 valence electrons. The minimum atomic E-state index is -6.39. The third-order valence-electron chi connectivity index (χ3n) is 4.02. The average molecular weight is 416 g/mol. The van der Waals surface area contributed by atoms with Gasteiger partial charge in [0.25, 0.3) is 0 Å². The summed E-state index contributed by atoms with van der Waals surface area (Å²) in [5, 5.41) is 0. The van der Waals surface area contributed by atoms with Crippen LogP contribution in [-0.4, -0.2) is 19.5 Å². The topological polar surface area (TPSA) is 9.23 Å². The van der Waals surface area contributed by atoms with Crippen LogP contribution in [0.25, 0.3) is 11.1 Å². The van der Waals surface area contributed by atoms with Crippen molar-refractivity contribution in [1.29, 1.82) is 0 Å². The summed E-state index contributed by atoms with van der Waals surface area (Å²) in [5.41, 5.74) is -9.90. The van der Waals surface area contributed by atoms with Gasteiger partial charge in [-0.05, 0) is 30.2 Å². The maximum Gasteiger partial charge on any atom is 0.435 e. The highest BCUT2D eigenvalue weighted by atomic mass is 19.4. The van der Waals surface area contributed by atoms with E-state index in [4.69, 9.17) is 4.74 Å². The lowest BCUT2D eigenvalue weighted by Crippen LogP contribution is -2.50. The Hall–Kier alpha value is -2.23. The highest BCUT2D eigenvalue weighted by molar-refractivity contribution is 5.74. The number of methoxy groups -OCH3 is 1. The second-order valence-electron chi connectivity index (χ2n) is 6.06. The van der Waals surface area contributed by atoms with E-state index in [1.807, 2.05) is 0 Å². The zero-order valence-corrected chi connectivity index (χ0v) is 14.4. The lowest BCUT2D eigenvalue weighted by atomic mass is 9.83. The molecule has 0 saturated heterocycles. The fraction of sp³-hybridized carbons (Fsp3) is 0.333. The van der Waals surface area contributed by atoms with Crippen molar-refractivity contribution in [3.63, 3.8) is 0 Å². The lowest BCUT2D eigenvalue weighted by Gasteiger charge is -2.33. The first-order chi connectivity index (χ1) is 12.7. The van der Waals surface area contributed by atoms with Crippen LogP contribution in [-0.2, 0) is 17.0 Å². The molecule has 28 heavy (non-hydrogen) atoms. The Morgan fingerprint density at radius 2 is 1.43 bits per heavy atom. The van der Waals surface area contributed by atoms with Gasteiger partial charge in [-0.15, -0.1) is 0 Å². The van der Waals surface area contributed by atoms with Crippen LogP contribution in [0, 0.1) is 18.6 Å². The summed E-state index contributed by atoms with van der Waals surface area (Å²) in [6.07, 6.45) is -12.8. The molecule has 1 nitrogen and oxygen atoms in total. The first-order valence-electron chi connectivity index (χ1n) is 7.64. The predicted molar refractivity (Wildman–Crippen MR) is 82.1 cm³/mol. The SMILES string of the molecule is COCc1cc(C)cc(C(F)(C(F)(F)F)C(F)(F)F)c1-c1ccc(F)cc1F. The first kappa shape index (κ1) is 22.1. The molecule has 0 aromatic heterocycles. The molecule has 0 N–H and O–H groups in total. The fourth-order valence-electron chi connectivity index (χ4n) is 2.88. The Balaban J connectivity index is 3.02. The van der Waals surface area contributed by atoms with E-state index < -0.39 is 53.0 Å². The van der Waals surface area contributed by atoms with Crippen LogP contribution in [0.5, 0.6) is 0 Å². The molecule has 0 radical (unpaired) electrons. The number of ether oxygens (including phenoxy) is 1. The molecule has 2 aromatic carbocycles. The number of halogens is 9. The van der Waals surface area contributed by atoms with Gasteiger partial charge in [0.05, 0.1) is 6.61 Å². The molecule has 0 heterocycles. The average Bonchev–Trinajstić information content (AvgIpc) is 2.52. The maximum absolute atomic E-state index is 14.8. The molecule has 10 heteroatoms. The summed E-state index contributed by atoms with van der Waals surface area (Å²) in [6.45, 7) is 0.618. The standard InChI is InChI=1S/C18H13F9O/c1-9-5-10(8-28-2)15(12-4-3-11(19)7-14(12)20)13(6-9)16(21,17(22,23)24)18(25,26)27/h3-7H,8H2,1-2H3. The number of aryl methyl sites for hydroxylation is 1. The van der Waals surface area contributed by atoms with Crippen LogP contribution in [0.4, 0.5) is 39.5 Å². The van der Waals surface area contributed by atoms with Gasteiger partial charge in [-0.3, -0.25) is 0 Å². The van der Waals surface area contributed by atoms with Crippen LogP contribution < -0.4 is 0 Å². The molecule has 0 bridgehead atoms. The molecule has 0 spiro atoms. The van der Waals surface area contributed by atoms with Crippen LogP contribution in [0.15, 0.2) is 30.3 Å². The zero-order chi connectivity index (χ0) is 21.5. The van der Waals surface area contributed by atoms with E-state index in [1.165, 1.54) is 0 Å². The van der Waals surface area contributed by atoms with Crippen molar-refractivity contribution in [2.45, 2.75) is 31.6 Å².